The summed E-state index contributed by atoms with van der Waals surface area (Å²) >= 11 is 1.57. The van der Waals surface area contributed by atoms with E-state index in [0.29, 0.717) is 6.04 Å². The minimum Gasteiger partial charge on any atom is -0.336 e. The molecule has 112 valence electrons. The normalized spacial score (nSPS) is 23.6. The Kier molecular flexibility index (Phi) is 5.43. The molecule has 2 saturated heterocycles. The molecule has 6 heteroatoms. The quantitative estimate of drug-likeness (QED) is 0.900. The zero-order valence-corrected chi connectivity index (χ0v) is 13.4. The van der Waals surface area contributed by atoms with Crippen LogP contribution in [0, 0.1) is 6.92 Å². The Bertz CT molecular complexity index is 459. The maximum atomic E-state index is 12.5. The molecule has 2 aliphatic rings. The van der Waals surface area contributed by atoms with E-state index in [4.69, 9.17) is 0 Å². The van der Waals surface area contributed by atoms with E-state index in [0.717, 1.165) is 56.1 Å². The molecule has 0 bridgehead atoms. The Morgan fingerprint density at radius 2 is 2.10 bits per heavy atom. The van der Waals surface area contributed by atoms with Gasteiger partial charge in [-0.25, -0.2) is 0 Å². The second-order valence-corrected chi connectivity index (χ2v) is 6.33. The van der Waals surface area contributed by atoms with Gasteiger partial charge in [0.15, 0.2) is 0 Å². The van der Waals surface area contributed by atoms with Gasteiger partial charge < -0.3 is 10.2 Å². The highest BCUT2D eigenvalue weighted by Gasteiger charge is 2.31. The summed E-state index contributed by atoms with van der Waals surface area (Å²) in [6, 6.07) is 2.59. The van der Waals surface area contributed by atoms with Gasteiger partial charge in [0.05, 0.1) is 4.88 Å². The van der Waals surface area contributed by atoms with Crippen molar-refractivity contribution in [3.8, 4) is 0 Å². The maximum absolute atomic E-state index is 12.5. The van der Waals surface area contributed by atoms with E-state index in [2.05, 4.69) is 10.2 Å². The van der Waals surface area contributed by atoms with Crippen LogP contribution in [0.5, 0.6) is 0 Å². The number of likely N-dealkylation sites (tertiary alicyclic amines) is 1. The summed E-state index contributed by atoms with van der Waals surface area (Å²) in [5.74, 6) is 0.227. The van der Waals surface area contributed by atoms with Crippen LogP contribution in [0.2, 0.25) is 0 Å². The first kappa shape index (κ1) is 15.8. The van der Waals surface area contributed by atoms with Gasteiger partial charge >= 0.3 is 0 Å². The van der Waals surface area contributed by atoms with Gasteiger partial charge in [-0.15, -0.1) is 23.7 Å². The fourth-order valence-corrected chi connectivity index (χ4v) is 3.90. The average Bonchev–Trinajstić information content (AvgIpc) is 3.08. The molecule has 20 heavy (non-hydrogen) atoms. The molecule has 0 aliphatic carbocycles. The van der Waals surface area contributed by atoms with E-state index < -0.39 is 0 Å². The first-order valence-electron chi connectivity index (χ1n) is 7.04. The molecule has 1 unspecified atom stereocenters. The fraction of sp³-hybridized carbons (Fsp3) is 0.643. The molecule has 3 heterocycles. The van der Waals surface area contributed by atoms with Gasteiger partial charge in [0.1, 0.15) is 0 Å². The van der Waals surface area contributed by atoms with Gasteiger partial charge in [0.2, 0.25) is 0 Å². The molecule has 4 nitrogen and oxygen atoms in total. The molecule has 3 rings (SSSR count). The van der Waals surface area contributed by atoms with Crippen molar-refractivity contribution in [2.75, 3.05) is 39.3 Å². The summed E-state index contributed by atoms with van der Waals surface area (Å²) in [7, 11) is 0. The van der Waals surface area contributed by atoms with Crippen LogP contribution in [0.25, 0.3) is 0 Å². The van der Waals surface area contributed by atoms with E-state index in [1.807, 2.05) is 23.3 Å². The molecule has 2 fully saturated rings. The Balaban J connectivity index is 0.00000147. The van der Waals surface area contributed by atoms with Crippen LogP contribution in [0.15, 0.2) is 11.4 Å². The van der Waals surface area contributed by atoms with E-state index in [1.165, 1.54) is 0 Å². The molecule has 0 radical (unpaired) electrons. The number of rotatable bonds is 2. The number of piperazine rings is 1. The molecule has 2 aliphatic heterocycles. The number of halogens is 1. The lowest BCUT2D eigenvalue weighted by atomic mass is 10.2. The van der Waals surface area contributed by atoms with Crippen molar-refractivity contribution in [2.24, 2.45) is 0 Å². The van der Waals surface area contributed by atoms with Crippen LogP contribution in [0.4, 0.5) is 0 Å². The molecule has 0 aromatic carbocycles. The Hall–Kier alpha value is -0.620. The molecular formula is C14H22ClN3OS. The zero-order valence-electron chi connectivity index (χ0n) is 11.8. The number of thiophene rings is 1. The van der Waals surface area contributed by atoms with Crippen LogP contribution >= 0.6 is 23.7 Å². The molecule has 1 amide bonds. The van der Waals surface area contributed by atoms with Crippen molar-refractivity contribution < 1.29 is 4.79 Å². The molecule has 1 aromatic heterocycles. The van der Waals surface area contributed by atoms with Gasteiger partial charge in [-0.05, 0) is 30.4 Å². The van der Waals surface area contributed by atoms with Gasteiger partial charge in [-0.3, -0.25) is 9.69 Å². The first-order chi connectivity index (χ1) is 9.25. The van der Waals surface area contributed by atoms with E-state index in [-0.39, 0.29) is 18.3 Å². The van der Waals surface area contributed by atoms with E-state index in [9.17, 15) is 4.79 Å². The summed E-state index contributed by atoms with van der Waals surface area (Å²) < 4.78 is 0. The minimum atomic E-state index is 0. The van der Waals surface area contributed by atoms with E-state index in [1.54, 1.807) is 11.3 Å². The van der Waals surface area contributed by atoms with Gasteiger partial charge in [0, 0.05) is 45.3 Å². The number of hydrogen-bond acceptors (Lipinski definition) is 4. The molecular weight excluding hydrogens is 294 g/mol. The monoisotopic (exact) mass is 315 g/mol. The van der Waals surface area contributed by atoms with Crippen LogP contribution in [-0.2, 0) is 0 Å². The SMILES string of the molecule is Cc1ccsc1C(=O)N1CCC(N2CCNCC2)C1.Cl. The molecule has 0 saturated carbocycles. The minimum absolute atomic E-state index is 0. The van der Waals surface area contributed by atoms with Crippen LogP contribution < -0.4 is 5.32 Å². The lowest BCUT2D eigenvalue weighted by molar-refractivity contribution is 0.0777. The summed E-state index contributed by atoms with van der Waals surface area (Å²) in [6.07, 6.45) is 1.12. The summed E-state index contributed by atoms with van der Waals surface area (Å²) in [4.78, 5) is 17.9. The molecule has 1 N–H and O–H groups in total. The third-order valence-electron chi connectivity index (χ3n) is 4.17. The van der Waals surface area contributed by atoms with Crippen molar-refractivity contribution >= 4 is 29.7 Å². The smallest absolute Gasteiger partial charge is 0.264 e. The maximum Gasteiger partial charge on any atom is 0.264 e. The highest BCUT2D eigenvalue weighted by atomic mass is 35.5. The topological polar surface area (TPSA) is 35.6 Å². The largest absolute Gasteiger partial charge is 0.336 e. The van der Waals surface area contributed by atoms with Crippen molar-refractivity contribution in [1.29, 1.82) is 0 Å². The number of hydrogen-bond donors (Lipinski definition) is 1. The summed E-state index contributed by atoms with van der Waals surface area (Å²) in [6.45, 7) is 8.22. The highest BCUT2D eigenvalue weighted by molar-refractivity contribution is 7.12. The van der Waals surface area contributed by atoms with Gasteiger partial charge in [-0.2, -0.15) is 0 Å². The number of nitrogens with one attached hydrogen (secondary N) is 1. The van der Waals surface area contributed by atoms with Crippen molar-refractivity contribution in [2.45, 2.75) is 19.4 Å². The standard InChI is InChI=1S/C14H21N3OS.ClH/c1-11-3-9-19-13(11)14(18)17-6-2-12(10-17)16-7-4-15-5-8-16;/h3,9,12,15H,2,4-8,10H2,1H3;1H. The lowest BCUT2D eigenvalue weighted by Crippen LogP contribution is -2.49. The third-order valence-corrected chi connectivity index (χ3v) is 5.18. The Labute approximate surface area is 130 Å². The predicted octanol–water partition coefficient (Wildman–Crippen LogP) is 1.60. The number of nitrogens with zero attached hydrogens (tertiary/aromatic N) is 2. The molecule has 1 atom stereocenters. The van der Waals surface area contributed by atoms with Gasteiger partial charge in [-0.1, -0.05) is 0 Å². The van der Waals surface area contributed by atoms with E-state index >= 15 is 0 Å². The number of aryl methyl sites for hydroxylation is 1. The fourth-order valence-electron chi connectivity index (χ4n) is 3.01. The predicted molar refractivity (Wildman–Crippen MR) is 85.1 cm³/mol. The van der Waals surface area contributed by atoms with Crippen LogP contribution in [-0.4, -0.2) is 61.0 Å². The Morgan fingerprint density at radius 1 is 1.35 bits per heavy atom. The highest BCUT2D eigenvalue weighted by Crippen LogP contribution is 2.22. The average molecular weight is 316 g/mol. The molecule has 1 aromatic rings. The van der Waals surface area contributed by atoms with Crippen LogP contribution in [0.3, 0.4) is 0 Å². The van der Waals surface area contributed by atoms with Crippen LogP contribution in [0.1, 0.15) is 21.7 Å². The number of carbonyl (C=O) groups is 1. The summed E-state index contributed by atoms with van der Waals surface area (Å²) in [5.41, 5.74) is 1.11. The van der Waals surface area contributed by atoms with Gasteiger partial charge in [0.25, 0.3) is 5.91 Å². The molecule has 0 spiro atoms. The third kappa shape index (κ3) is 3.17. The number of amides is 1. The second-order valence-electron chi connectivity index (χ2n) is 5.41. The van der Waals surface area contributed by atoms with Crippen molar-refractivity contribution in [1.82, 2.24) is 15.1 Å². The summed E-state index contributed by atoms with van der Waals surface area (Å²) in [5, 5.41) is 5.39. The second kappa shape index (κ2) is 6.89. The van der Waals surface area contributed by atoms with Crippen molar-refractivity contribution in [3.63, 3.8) is 0 Å². The lowest BCUT2D eigenvalue weighted by Gasteiger charge is -2.32. The Morgan fingerprint density at radius 3 is 2.75 bits per heavy atom. The first-order valence-corrected chi connectivity index (χ1v) is 7.92. The number of carbonyl (C=O) groups excluding carboxylic acids is 1. The zero-order chi connectivity index (χ0) is 13.2. The van der Waals surface area contributed by atoms with Crippen molar-refractivity contribution in [3.05, 3.63) is 21.9 Å².